The summed E-state index contributed by atoms with van der Waals surface area (Å²) in [6.07, 6.45) is 1.69. The molecule has 2 aromatic rings. The lowest BCUT2D eigenvalue weighted by molar-refractivity contribution is 0.103. The fraction of sp³-hybridized carbons (Fsp3) is 0.381. The smallest absolute Gasteiger partial charge is 0.200 e. The van der Waals surface area contributed by atoms with Crippen molar-refractivity contribution in [3.8, 4) is 23.0 Å². The van der Waals surface area contributed by atoms with Gasteiger partial charge in [-0.05, 0) is 51.0 Å². The molecule has 5 nitrogen and oxygen atoms in total. The first-order valence-corrected chi connectivity index (χ1v) is 8.89. The van der Waals surface area contributed by atoms with Crippen LogP contribution in [0.15, 0.2) is 36.4 Å². The van der Waals surface area contributed by atoms with Crippen LogP contribution in [0.1, 0.15) is 56.5 Å². The number of phenolic OH excluding ortho intramolecular Hbond substituents is 2. The Hall–Kier alpha value is -2.69. The molecule has 0 bridgehead atoms. The van der Waals surface area contributed by atoms with Crippen LogP contribution in [0.4, 0.5) is 0 Å². The molecule has 0 heterocycles. The summed E-state index contributed by atoms with van der Waals surface area (Å²) in [6.45, 7) is 7.86. The number of hydrogen-bond acceptors (Lipinski definition) is 5. The molecule has 2 rings (SSSR count). The molecule has 0 aliphatic carbocycles. The number of rotatable bonds is 8. The number of aromatic hydroxyl groups is 2. The Kier molecular flexibility index (Phi) is 6.50. The highest BCUT2D eigenvalue weighted by atomic mass is 16.5. The number of phenols is 2. The van der Waals surface area contributed by atoms with Crippen LogP contribution in [-0.4, -0.2) is 28.2 Å². The third-order valence-corrected chi connectivity index (χ3v) is 4.25. The van der Waals surface area contributed by atoms with Gasteiger partial charge >= 0.3 is 0 Å². The van der Waals surface area contributed by atoms with Crippen LogP contribution in [-0.2, 0) is 0 Å². The molecule has 0 amide bonds. The average Bonchev–Trinajstić information content (AvgIpc) is 2.61. The van der Waals surface area contributed by atoms with Gasteiger partial charge in [-0.1, -0.05) is 13.8 Å². The number of benzene rings is 2. The topological polar surface area (TPSA) is 76.0 Å². The van der Waals surface area contributed by atoms with E-state index < -0.39 is 5.78 Å². The van der Waals surface area contributed by atoms with Crippen LogP contribution in [0, 0.1) is 0 Å². The summed E-state index contributed by atoms with van der Waals surface area (Å²) in [7, 11) is 0. The molecule has 0 aliphatic rings. The van der Waals surface area contributed by atoms with Gasteiger partial charge in [-0.25, -0.2) is 0 Å². The van der Waals surface area contributed by atoms with Crippen molar-refractivity contribution >= 4 is 5.78 Å². The van der Waals surface area contributed by atoms with Crippen molar-refractivity contribution in [2.24, 2.45) is 0 Å². The van der Waals surface area contributed by atoms with E-state index in [2.05, 4.69) is 0 Å². The molecule has 0 fully saturated rings. The maximum Gasteiger partial charge on any atom is 0.200 e. The summed E-state index contributed by atoms with van der Waals surface area (Å²) >= 11 is 0. The Balaban J connectivity index is 2.23. The van der Waals surface area contributed by atoms with E-state index in [-0.39, 0.29) is 34.8 Å². The zero-order valence-electron chi connectivity index (χ0n) is 15.7. The van der Waals surface area contributed by atoms with Crippen LogP contribution in [0.2, 0.25) is 0 Å². The van der Waals surface area contributed by atoms with E-state index in [0.29, 0.717) is 11.5 Å². The molecule has 0 aliphatic heterocycles. The molecule has 5 heteroatoms. The molecule has 0 saturated carbocycles. The number of carbonyl (C=O) groups is 1. The van der Waals surface area contributed by atoms with Gasteiger partial charge in [-0.15, -0.1) is 0 Å². The minimum atomic E-state index is -0.467. The minimum Gasteiger partial charge on any atom is -0.507 e. The van der Waals surface area contributed by atoms with Crippen molar-refractivity contribution in [3.63, 3.8) is 0 Å². The normalized spacial score (nSPS) is 13.1. The molecule has 0 aromatic heterocycles. The van der Waals surface area contributed by atoms with Gasteiger partial charge in [0.15, 0.2) is 5.78 Å². The van der Waals surface area contributed by atoms with Crippen molar-refractivity contribution in [2.75, 3.05) is 0 Å². The van der Waals surface area contributed by atoms with E-state index in [1.54, 1.807) is 12.1 Å². The third kappa shape index (κ3) is 4.69. The molecule has 0 radical (unpaired) electrons. The molecular formula is C21H26O5. The van der Waals surface area contributed by atoms with Crippen LogP contribution >= 0.6 is 0 Å². The Morgan fingerprint density at radius 2 is 1.23 bits per heavy atom. The predicted molar refractivity (Wildman–Crippen MR) is 100 cm³/mol. The molecule has 140 valence electrons. The summed E-state index contributed by atoms with van der Waals surface area (Å²) in [5.41, 5.74) is 0.208. The van der Waals surface area contributed by atoms with E-state index in [4.69, 9.17) is 9.47 Å². The number of hydrogen-bond donors (Lipinski definition) is 2. The summed E-state index contributed by atoms with van der Waals surface area (Å²) < 4.78 is 11.3. The van der Waals surface area contributed by atoms with Crippen LogP contribution in [0.3, 0.4) is 0 Å². The highest BCUT2D eigenvalue weighted by Gasteiger charge is 2.19. The SMILES string of the molecule is CCC(C)Oc1ccc(C(=O)c2ccc(OC(C)CC)cc2O)c(O)c1. The Morgan fingerprint density at radius 1 is 0.846 bits per heavy atom. The molecule has 2 aromatic carbocycles. The van der Waals surface area contributed by atoms with Gasteiger partial charge < -0.3 is 19.7 Å². The van der Waals surface area contributed by atoms with Crippen molar-refractivity contribution in [1.29, 1.82) is 0 Å². The van der Waals surface area contributed by atoms with E-state index in [1.165, 1.54) is 24.3 Å². The maximum atomic E-state index is 12.7. The first-order valence-electron chi connectivity index (χ1n) is 8.89. The predicted octanol–water partition coefficient (Wildman–Crippen LogP) is 4.68. The third-order valence-electron chi connectivity index (χ3n) is 4.25. The summed E-state index contributed by atoms with van der Waals surface area (Å²) in [5.74, 6) is 0.153. The first kappa shape index (κ1) is 19.6. The largest absolute Gasteiger partial charge is 0.507 e. The van der Waals surface area contributed by atoms with E-state index in [0.717, 1.165) is 12.8 Å². The van der Waals surface area contributed by atoms with Crippen LogP contribution < -0.4 is 9.47 Å². The second-order valence-electron chi connectivity index (χ2n) is 6.36. The van der Waals surface area contributed by atoms with Crippen molar-refractivity contribution in [3.05, 3.63) is 47.5 Å². The van der Waals surface area contributed by atoms with Crippen molar-refractivity contribution in [1.82, 2.24) is 0 Å². The highest BCUT2D eigenvalue weighted by molar-refractivity contribution is 6.12. The lowest BCUT2D eigenvalue weighted by Crippen LogP contribution is -2.10. The second kappa shape index (κ2) is 8.61. The molecular weight excluding hydrogens is 332 g/mol. The van der Waals surface area contributed by atoms with Gasteiger partial charge in [0.25, 0.3) is 0 Å². The summed E-state index contributed by atoms with van der Waals surface area (Å²) in [6, 6.07) is 9.09. The zero-order valence-corrected chi connectivity index (χ0v) is 15.7. The monoisotopic (exact) mass is 358 g/mol. The van der Waals surface area contributed by atoms with Crippen molar-refractivity contribution in [2.45, 2.75) is 52.7 Å². The molecule has 0 spiro atoms. The van der Waals surface area contributed by atoms with Gasteiger partial charge in [0.05, 0.1) is 23.3 Å². The standard InChI is InChI=1S/C21H26O5/c1-5-13(3)25-15-7-9-17(19(22)11-15)21(24)18-10-8-16(12-20(18)23)26-14(4)6-2/h7-14,22-23H,5-6H2,1-4H3. The van der Waals surface area contributed by atoms with Crippen LogP contribution in [0.25, 0.3) is 0 Å². The number of ether oxygens (including phenoxy) is 2. The fourth-order valence-electron chi connectivity index (χ4n) is 2.33. The molecule has 2 N–H and O–H groups in total. The molecule has 2 unspecified atom stereocenters. The quantitative estimate of drug-likeness (QED) is 0.670. The Labute approximate surface area is 154 Å². The highest BCUT2D eigenvalue weighted by Crippen LogP contribution is 2.31. The summed E-state index contributed by atoms with van der Waals surface area (Å²) in [5, 5.41) is 20.4. The van der Waals surface area contributed by atoms with Gasteiger partial charge in [0.1, 0.15) is 23.0 Å². The van der Waals surface area contributed by atoms with Gasteiger partial charge in [0, 0.05) is 12.1 Å². The summed E-state index contributed by atoms with van der Waals surface area (Å²) in [4.78, 5) is 12.7. The molecule has 26 heavy (non-hydrogen) atoms. The minimum absolute atomic E-state index is 0.0121. The van der Waals surface area contributed by atoms with E-state index >= 15 is 0 Å². The lowest BCUT2D eigenvalue weighted by Gasteiger charge is -2.15. The lowest BCUT2D eigenvalue weighted by atomic mass is 10.0. The Morgan fingerprint density at radius 3 is 1.54 bits per heavy atom. The average molecular weight is 358 g/mol. The van der Waals surface area contributed by atoms with Crippen molar-refractivity contribution < 1.29 is 24.5 Å². The molecule has 2 atom stereocenters. The van der Waals surface area contributed by atoms with Gasteiger partial charge in [-0.3, -0.25) is 4.79 Å². The molecule has 0 saturated heterocycles. The van der Waals surface area contributed by atoms with Gasteiger partial charge in [0.2, 0.25) is 0 Å². The zero-order chi connectivity index (χ0) is 19.3. The van der Waals surface area contributed by atoms with Gasteiger partial charge in [-0.2, -0.15) is 0 Å². The number of ketones is 1. The fourth-order valence-corrected chi connectivity index (χ4v) is 2.33. The second-order valence-corrected chi connectivity index (χ2v) is 6.36. The maximum absolute atomic E-state index is 12.7. The van der Waals surface area contributed by atoms with E-state index in [1.807, 2.05) is 27.7 Å². The first-order chi connectivity index (χ1) is 12.3. The van der Waals surface area contributed by atoms with Crippen LogP contribution in [0.5, 0.6) is 23.0 Å². The van der Waals surface area contributed by atoms with E-state index in [9.17, 15) is 15.0 Å². The Bertz CT molecular complexity index is 705. The number of carbonyl (C=O) groups excluding carboxylic acids is 1.